The Balaban J connectivity index is 1.66. The Labute approximate surface area is 104 Å². The van der Waals surface area contributed by atoms with Crippen molar-refractivity contribution in [2.45, 2.75) is 63.5 Å². The lowest BCUT2D eigenvalue weighted by molar-refractivity contribution is -0.137. The predicted octanol–water partition coefficient (Wildman–Crippen LogP) is 1.90. The molecule has 0 aromatic heterocycles. The molecule has 0 radical (unpaired) electrons. The zero-order valence-corrected chi connectivity index (χ0v) is 10.6. The van der Waals surface area contributed by atoms with E-state index in [4.69, 9.17) is 5.73 Å². The molecule has 3 fully saturated rings. The number of likely N-dealkylation sites (tertiary alicyclic amines) is 1. The van der Waals surface area contributed by atoms with Gasteiger partial charge < -0.3 is 10.6 Å². The van der Waals surface area contributed by atoms with Crippen LogP contribution in [-0.2, 0) is 4.79 Å². The maximum atomic E-state index is 12.5. The maximum absolute atomic E-state index is 12.5. The minimum absolute atomic E-state index is 0.333. The molecule has 1 amide bonds. The highest BCUT2D eigenvalue weighted by Gasteiger charge is 2.42. The molecule has 3 aliphatic rings. The Morgan fingerprint density at radius 3 is 2.59 bits per heavy atom. The van der Waals surface area contributed by atoms with Gasteiger partial charge >= 0.3 is 0 Å². The van der Waals surface area contributed by atoms with Crippen LogP contribution in [-0.4, -0.2) is 29.4 Å². The lowest BCUT2D eigenvalue weighted by Gasteiger charge is -2.31. The predicted molar refractivity (Wildman–Crippen MR) is 67.4 cm³/mol. The Kier molecular flexibility index (Phi) is 3.12. The first kappa shape index (κ1) is 11.5. The molecule has 3 heteroatoms. The summed E-state index contributed by atoms with van der Waals surface area (Å²) in [5, 5.41) is 0. The standard InChI is InChI=1S/C14H24N2O/c15-12-6-10-7-13(8-12)16(9-10)14(17)11-4-2-1-3-5-11/h10-13H,1-9,15H2. The van der Waals surface area contributed by atoms with Crippen molar-refractivity contribution in [3.8, 4) is 0 Å². The molecule has 2 N–H and O–H groups in total. The summed E-state index contributed by atoms with van der Waals surface area (Å²) in [7, 11) is 0. The third-order valence-corrected chi connectivity index (χ3v) is 4.95. The molecule has 3 nitrogen and oxygen atoms in total. The third-order valence-electron chi connectivity index (χ3n) is 4.95. The molecule has 1 saturated heterocycles. The first-order chi connectivity index (χ1) is 8.24. The SMILES string of the molecule is NC1CC2CC(C1)N(C(=O)C1CCCCC1)C2. The number of rotatable bonds is 1. The van der Waals surface area contributed by atoms with Gasteiger partial charge in [-0.1, -0.05) is 19.3 Å². The number of fused-ring (bicyclic) bond motifs is 2. The average Bonchev–Trinajstić information content (AvgIpc) is 2.65. The van der Waals surface area contributed by atoms with E-state index < -0.39 is 0 Å². The fraction of sp³-hybridized carbons (Fsp3) is 0.929. The number of nitrogens with two attached hydrogens (primary N) is 1. The van der Waals surface area contributed by atoms with E-state index in [0.717, 1.165) is 32.2 Å². The van der Waals surface area contributed by atoms with Crippen LogP contribution in [0.15, 0.2) is 0 Å². The van der Waals surface area contributed by atoms with Gasteiger partial charge in [-0.05, 0) is 38.0 Å². The van der Waals surface area contributed by atoms with Crippen molar-refractivity contribution in [2.75, 3.05) is 6.54 Å². The van der Waals surface area contributed by atoms with Crippen LogP contribution in [0.25, 0.3) is 0 Å². The highest BCUT2D eigenvalue weighted by molar-refractivity contribution is 5.79. The van der Waals surface area contributed by atoms with Crippen molar-refractivity contribution in [1.82, 2.24) is 4.90 Å². The van der Waals surface area contributed by atoms with Gasteiger partial charge in [-0.15, -0.1) is 0 Å². The lowest BCUT2D eigenvalue weighted by Crippen LogP contribution is -2.42. The number of hydrogen-bond donors (Lipinski definition) is 1. The molecule has 0 aromatic rings. The van der Waals surface area contributed by atoms with E-state index in [2.05, 4.69) is 4.90 Å². The van der Waals surface area contributed by atoms with Crippen LogP contribution in [0.4, 0.5) is 0 Å². The number of hydrogen-bond acceptors (Lipinski definition) is 2. The van der Waals surface area contributed by atoms with Crippen LogP contribution in [0.2, 0.25) is 0 Å². The second-order valence-corrected chi connectivity index (χ2v) is 6.31. The third kappa shape index (κ3) is 2.22. The zero-order valence-electron chi connectivity index (χ0n) is 10.6. The molecule has 17 heavy (non-hydrogen) atoms. The number of carbonyl (C=O) groups excluding carboxylic acids is 1. The first-order valence-corrected chi connectivity index (χ1v) is 7.30. The zero-order chi connectivity index (χ0) is 11.8. The van der Waals surface area contributed by atoms with E-state index in [0.29, 0.717) is 29.8 Å². The van der Waals surface area contributed by atoms with Crippen LogP contribution < -0.4 is 5.73 Å². The summed E-state index contributed by atoms with van der Waals surface area (Å²) in [6, 6.07) is 0.807. The van der Waals surface area contributed by atoms with Crippen molar-refractivity contribution in [3.05, 3.63) is 0 Å². The topological polar surface area (TPSA) is 46.3 Å². The molecule has 1 aliphatic heterocycles. The first-order valence-electron chi connectivity index (χ1n) is 7.30. The van der Waals surface area contributed by atoms with Crippen molar-refractivity contribution >= 4 is 5.91 Å². The molecule has 3 rings (SSSR count). The van der Waals surface area contributed by atoms with Crippen molar-refractivity contribution in [1.29, 1.82) is 0 Å². The minimum Gasteiger partial charge on any atom is -0.339 e. The van der Waals surface area contributed by atoms with Gasteiger partial charge in [0.05, 0.1) is 0 Å². The Bertz CT molecular complexity index is 299. The van der Waals surface area contributed by atoms with Gasteiger partial charge in [0, 0.05) is 24.5 Å². The second kappa shape index (κ2) is 4.60. The molecule has 96 valence electrons. The van der Waals surface area contributed by atoms with Crippen LogP contribution >= 0.6 is 0 Å². The van der Waals surface area contributed by atoms with E-state index >= 15 is 0 Å². The number of amides is 1. The summed E-state index contributed by atoms with van der Waals surface area (Å²) in [5.41, 5.74) is 6.06. The summed E-state index contributed by atoms with van der Waals surface area (Å²) in [5.74, 6) is 1.47. The van der Waals surface area contributed by atoms with Gasteiger partial charge in [0.25, 0.3) is 0 Å². The smallest absolute Gasteiger partial charge is 0.225 e. The second-order valence-electron chi connectivity index (χ2n) is 6.31. The molecule has 0 spiro atoms. The van der Waals surface area contributed by atoms with Gasteiger partial charge in [0.2, 0.25) is 5.91 Å². The van der Waals surface area contributed by atoms with Crippen LogP contribution in [0.3, 0.4) is 0 Å². The van der Waals surface area contributed by atoms with E-state index in [1.54, 1.807) is 0 Å². The van der Waals surface area contributed by atoms with Gasteiger partial charge in [0.1, 0.15) is 0 Å². The maximum Gasteiger partial charge on any atom is 0.225 e. The van der Waals surface area contributed by atoms with E-state index in [1.165, 1.54) is 25.7 Å². The molecule has 0 aromatic carbocycles. The van der Waals surface area contributed by atoms with Crippen LogP contribution in [0, 0.1) is 11.8 Å². The quantitative estimate of drug-likeness (QED) is 0.756. The Morgan fingerprint density at radius 1 is 1.06 bits per heavy atom. The fourth-order valence-corrected chi connectivity index (χ4v) is 4.14. The summed E-state index contributed by atoms with van der Waals surface area (Å²) >= 11 is 0. The molecule has 2 aliphatic carbocycles. The number of carbonyl (C=O) groups is 1. The fourth-order valence-electron chi connectivity index (χ4n) is 4.14. The van der Waals surface area contributed by atoms with Gasteiger partial charge in [-0.25, -0.2) is 0 Å². The summed E-state index contributed by atoms with van der Waals surface area (Å²) in [4.78, 5) is 14.7. The van der Waals surface area contributed by atoms with Crippen LogP contribution in [0.5, 0.6) is 0 Å². The van der Waals surface area contributed by atoms with Crippen molar-refractivity contribution in [3.63, 3.8) is 0 Å². The normalized spacial score (nSPS) is 38.4. The highest BCUT2D eigenvalue weighted by atomic mass is 16.2. The summed E-state index contributed by atoms with van der Waals surface area (Å²) in [6.07, 6.45) is 9.44. The molecular formula is C14H24N2O. The van der Waals surface area contributed by atoms with E-state index in [9.17, 15) is 4.79 Å². The molecule has 2 saturated carbocycles. The summed E-state index contributed by atoms with van der Waals surface area (Å²) < 4.78 is 0. The van der Waals surface area contributed by atoms with E-state index in [1.807, 2.05) is 0 Å². The van der Waals surface area contributed by atoms with Gasteiger partial charge in [-0.2, -0.15) is 0 Å². The van der Waals surface area contributed by atoms with E-state index in [-0.39, 0.29) is 0 Å². The van der Waals surface area contributed by atoms with Crippen molar-refractivity contribution < 1.29 is 4.79 Å². The minimum atomic E-state index is 0.333. The van der Waals surface area contributed by atoms with Gasteiger partial charge in [-0.3, -0.25) is 4.79 Å². The molecule has 2 bridgehead atoms. The Hall–Kier alpha value is -0.570. The largest absolute Gasteiger partial charge is 0.339 e. The molecular weight excluding hydrogens is 212 g/mol. The monoisotopic (exact) mass is 236 g/mol. The lowest BCUT2D eigenvalue weighted by atomic mass is 9.86. The van der Waals surface area contributed by atoms with Gasteiger partial charge in [0.15, 0.2) is 0 Å². The number of nitrogens with zero attached hydrogens (tertiary/aromatic N) is 1. The average molecular weight is 236 g/mol. The molecule has 3 unspecified atom stereocenters. The molecule has 1 heterocycles. The summed E-state index contributed by atoms with van der Waals surface area (Å²) in [6.45, 7) is 0.994. The van der Waals surface area contributed by atoms with Crippen molar-refractivity contribution in [2.24, 2.45) is 17.6 Å². The van der Waals surface area contributed by atoms with Crippen LogP contribution in [0.1, 0.15) is 51.4 Å². The Morgan fingerprint density at radius 2 is 1.82 bits per heavy atom. The molecule has 3 atom stereocenters. The highest BCUT2D eigenvalue weighted by Crippen LogP contribution is 2.37.